The van der Waals surface area contributed by atoms with Crippen LogP contribution < -0.4 is 11.1 Å². The van der Waals surface area contributed by atoms with Crippen molar-refractivity contribution in [2.45, 2.75) is 45.1 Å². The molecule has 0 spiro atoms. The second-order valence-electron chi connectivity index (χ2n) is 4.94. The van der Waals surface area contributed by atoms with Gasteiger partial charge in [0.15, 0.2) is 5.84 Å². The Kier molecular flexibility index (Phi) is 5.40. The Hall–Kier alpha value is -1.30. The van der Waals surface area contributed by atoms with E-state index in [0.29, 0.717) is 25.4 Å². The van der Waals surface area contributed by atoms with Gasteiger partial charge in [-0.15, -0.1) is 0 Å². The Labute approximate surface area is 108 Å². The molecule has 0 aliphatic heterocycles. The Morgan fingerprint density at radius 1 is 1.56 bits per heavy atom. The molecule has 0 aromatic heterocycles. The number of ether oxygens (including phenoxy) is 1. The molecule has 6 heteroatoms. The van der Waals surface area contributed by atoms with E-state index in [0.717, 1.165) is 12.8 Å². The third kappa shape index (κ3) is 3.60. The number of nitrogens with one attached hydrogen (secondary N) is 1. The summed E-state index contributed by atoms with van der Waals surface area (Å²) in [7, 11) is 0. The van der Waals surface area contributed by atoms with Gasteiger partial charge in [0.2, 0.25) is 5.91 Å². The van der Waals surface area contributed by atoms with Gasteiger partial charge in [-0.1, -0.05) is 12.1 Å². The SMILES string of the molecule is CCOCC(=O)NC1(/C(N)=N/O)CCC(C)CC1. The summed E-state index contributed by atoms with van der Waals surface area (Å²) in [6.45, 7) is 4.49. The summed E-state index contributed by atoms with van der Waals surface area (Å²) in [6, 6.07) is 0. The number of hydrogen-bond donors (Lipinski definition) is 3. The predicted octanol–water partition coefficient (Wildman–Crippen LogP) is 0.834. The van der Waals surface area contributed by atoms with E-state index in [4.69, 9.17) is 15.7 Å². The molecule has 104 valence electrons. The van der Waals surface area contributed by atoms with Gasteiger partial charge < -0.3 is 21.0 Å². The van der Waals surface area contributed by atoms with Crippen molar-refractivity contribution in [1.29, 1.82) is 0 Å². The van der Waals surface area contributed by atoms with Gasteiger partial charge in [-0.2, -0.15) is 0 Å². The van der Waals surface area contributed by atoms with E-state index in [2.05, 4.69) is 17.4 Å². The third-order valence-electron chi connectivity index (χ3n) is 3.54. The van der Waals surface area contributed by atoms with E-state index in [9.17, 15) is 4.79 Å². The summed E-state index contributed by atoms with van der Waals surface area (Å²) in [5.74, 6) is 0.464. The van der Waals surface area contributed by atoms with Gasteiger partial charge in [-0.05, 0) is 38.5 Å². The average Bonchev–Trinajstić information content (AvgIpc) is 2.38. The van der Waals surface area contributed by atoms with E-state index in [-0.39, 0.29) is 18.3 Å². The van der Waals surface area contributed by atoms with Crippen LogP contribution in [0.4, 0.5) is 0 Å². The van der Waals surface area contributed by atoms with Crippen LogP contribution in [0.1, 0.15) is 39.5 Å². The fraction of sp³-hybridized carbons (Fsp3) is 0.833. The fourth-order valence-corrected chi connectivity index (χ4v) is 2.29. The van der Waals surface area contributed by atoms with Gasteiger partial charge in [0.05, 0.1) is 0 Å². The van der Waals surface area contributed by atoms with Crippen molar-refractivity contribution in [2.24, 2.45) is 16.8 Å². The highest BCUT2D eigenvalue weighted by atomic mass is 16.5. The van der Waals surface area contributed by atoms with Crippen molar-refractivity contribution in [1.82, 2.24) is 5.32 Å². The number of amides is 1. The lowest BCUT2D eigenvalue weighted by Crippen LogP contribution is -2.59. The number of oxime groups is 1. The monoisotopic (exact) mass is 257 g/mol. The highest BCUT2D eigenvalue weighted by Gasteiger charge is 2.39. The first-order chi connectivity index (χ1) is 8.54. The van der Waals surface area contributed by atoms with Crippen LogP contribution >= 0.6 is 0 Å². The van der Waals surface area contributed by atoms with Crippen molar-refractivity contribution in [3.05, 3.63) is 0 Å². The molecule has 1 aliphatic rings. The standard InChI is InChI=1S/C12H23N3O3/c1-3-18-8-10(16)14-12(11(13)15-17)6-4-9(2)5-7-12/h9,17H,3-8H2,1-2H3,(H2,13,15)(H,14,16). The molecule has 1 rings (SSSR count). The Balaban J connectivity index is 2.70. The zero-order chi connectivity index (χ0) is 13.6. The summed E-state index contributed by atoms with van der Waals surface area (Å²) in [5, 5.41) is 14.8. The normalized spacial score (nSPS) is 29.0. The van der Waals surface area contributed by atoms with Gasteiger partial charge in [0.1, 0.15) is 12.1 Å². The first-order valence-electron chi connectivity index (χ1n) is 6.41. The molecule has 0 radical (unpaired) electrons. The van der Waals surface area contributed by atoms with E-state index in [1.807, 2.05) is 6.92 Å². The Morgan fingerprint density at radius 3 is 2.67 bits per heavy atom. The largest absolute Gasteiger partial charge is 0.409 e. The maximum Gasteiger partial charge on any atom is 0.246 e. The first-order valence-corrected chi connectivity index (χ1v) is 6.41. The molecule has 0 aromatic rings. The summed E-state index contributed by atoms with van der Waals surface area (Å²) in [5.41, 5.74) is 5.04. The maximum absolute atomic E-state index is 11.7. The van der Waals surface area contributed by atoms with Crippen LogP contribution in [0.5, 0.6) is 0 Å². The second-order valence-corrected chi connectivity index (χ2v) is 4.94. The Bertz CT molecular complexity index is 310. The number of carbonyl (C=O) groups is 1. The average molecular weight is 257 g/mol. The molecule has 1 aliphatic carbocycles. The number of nitrogens with two attached hydrogens (primary N) is 1. The van der Waals surface area contributed by atoms with E-state index < -0.39 is 5.54 Å². The highest BCUT2D eigenvalue weighted by Crippen LogP contribution is 2.32. The molecule has 0 atom stereocenters. The number of hydrogen-bond acceptors (Lipinski definition) is 4. The molecule has 0 heterocycles. The molecular formula is C12H23N3O3. The number of rotatable bonds is 5. The first kappa shape index (κ1) is 14.8. The van der Waals surface area contributed by atoms with Crippen LogP contribution in [-0.4, -0.2) is 35.7 Å². The summed E-state index contributed by atoms with van der Waals surface area (Å²) < 4.78 is 5.06. The summed E-state index contributed by atoms with van der Waals surface area (Å²) in [4.78, 5) is 11.7. The molecule has 1 amide bonds. The Morgan fingerprint density at radius 2 is 2.17 bits per heavy atom. The van der Waals surface area contributed by atoms with Gasteiger partial charge in [0, 0.05) is 6.61 Å². The van der Waals surface area contributed by atoms with Gasteiger partial charge >= 0.3 is 0 Å². The maximum atomic E-state index is 11.7. The quantitative estimate of drug-likeness (QED) is 0.294. The van der Waals surface area contributed by atoms with Crippen LogP contribution in [-0.2, 0) is 9.53 Å². The predicted molar refractivity (Wildman–Crippen MR) is 68.4 cm³/mol. The molecule has 1 fully saturated rings. The molecule has 18 heavy (non-hydrogen) atoms. The molecule has 0 unspecified atom stereocenters. The minimum absolute atomic E-state index is 0.00646. The van der Waals surface area contributed by atoms with Crippen molar-refractivity contribution in [3.63, 3.8) is 0 Å². The van der Waals surface area contributed by atoms with Crippen molar-refractivity contribution in [3.8, 4) is 0 Å². The van der Waals surface area contributed by atoms with Crippen LogP contribution in [0.25, 0.3) is 0 Å². The van der Waals surface area contributed by atoms with Crippen LogP contribution in [0.15, 0.2) is 5.16 Å². The van der Waals surface area contributed by atoms with Crippen LogP contribution in [0, 0.1) is 5.92 Å². The second kappa shape index (κ2) is 6.58. The zero-order valence-electron chi connectivity index (χ0n) is 11.1. The van der Waals surface area contributed by atoms with Crippen LogP contribution in [0.2, 0.25) is 0 Å². The van der Waals surface area contributed by atoms with Crippen LogP contribution in [0.3, 0.4) is 0 Å². The van der Waals surface area contributed by atoms with Gasteiger partial charge in [-0.3, -0.25) is 4.79 Å². The minimum atomic E-state index is -0.713. The smallest absolute Gasteiger partial charge is 0.246 e. The molecule has 1 saturated carbocycles. The highest BCUT2D eigenvalue weighted by molar-refractivity contribution is 5.94. The molecule has 6 nitrogen and oxygen atoms in total. The third-order valence-corrected chi connectivity index (χ3v) is 3.54. The topological polar surface area (TPSA) is 96.9 Å². The lowest BCUT2D eigenvalue weighted by molar-refractivity contribution is -0.127. The molecule has 0 aromatic carbocycles. The van der Waals surface area contributed by atoms with Crippen molar-refractivity contribution in [2.75, 3.05) is 13.2 Å². The van der Waals surface area contributed by atoms with Crippen molar-refractivity contribution < 1.29 is 14.7 Å². The summed E-state index contributed by atoms with van der Waals surface area (Å²) >= 11 is 0. The molecule has 0 bridgehead atoms. The number of carbonyl (C=O) groups excluding carboxylic acids is 1. The molecule has 4 N–H and O–H groups in total. The number of amidine groups is 1. The van der Waals surface area contributed by atoms with Gasteiger partial charge in [0.25, 0.3) is 0 Å². The number of nitrogens with zero attached hydrogens (tertiary/aromatic N) is 1. The fourth-order valence-electron chi connectivity index (χ4n) is 2.29. The molecule has 0 saturated heterocycles. The minimum Gasteiger partial charge on any atom is -0.409 e. The lowest BCUT2D eigenvalue weighted by Gasteiger charge is -2.38. The lowest BCUT2D eigenvalue weighted by atomic mass is 9.76. The zero-order valence-corrected chi connectivity index (χ0v) is 11.1. The van der Waals surface area contributed by atoms with Gasteiger partial charge in [-0.25, -0.2) is 0 Å². The summed E-state index contributed by atoms with van der Waals surface area (Å²) in [6.07, 6.45) is 3.29. The van der Waals surface area contributed by atoms with E-state index in [1.165, 1.54) is 0 Å². The van der Waals surface area contributed by atoms with Crippen molar-refractivity contribution >= 4 is 11.7 Å². The molecular weight excluding hydrogens is 234 g/mol. The van der Waals surface area contributed by atoms with E-state index in [1.54, 1.807) is 0 Å². The van der Waals surface area contributed by atoms with E-state index >= 15 is 0 Å².